The molecule has 1 atom stereocenters. The lowest BCUT2D eigenvalue weighted by Crippen LogP contribution is -2.31. The van der Waals surface area contributed by atoms with Gasteiger partial charge in [-0.2, -0.15) is 5.26 Å². The molecule has 2 aromatic carbocycles. The third-order valence-electron chi connectivity index (χ3n) is 4.90. The van der Waals surface area contributed by atoms with Crippen molar-refractivity contribution in [3.05, 3.63) is 77.5 Å². The Bertz CT molecular complexity index is 1150. The Morgan fingerprint density at radius 2 is 1.93 bits per heavy atom. The van der Waals surface area contributed by atoms with Crippen molar-refractivity contribution < 1.29 is 9.47 Å². The van der Waals surface area contributed by atoms with Crippen LogP contribution in [0.4, 0.5) is 0 Å². The van der Waals surface area contributed by atoms with Crippen LogP contribution in [0.2, 0.25) is 0 Å². The van der Waals surface area contributed by atoms with Crippen molar-refractivity contribution in [2.75, 3.05) is 6.61 Å². The second-order valence-electron chi connectivity index (χ2n) is 6.46. The van der Waals surface area contributed by atoms with Crippen molar-refractivity contribution in [3.63, 3.8) is 0 Å². The Hall–Kier alpha value is -3.85. The number of hydrogen-bond acceptors (Lipinski definition) is 6. The summed E-state index contributed by atoms with van der Waals surface area (Å²) in [4.78, 5) is 8.97. The first-order chi connectivity index (χ1) is 13.2. The van der Waals surface area contributed by atoms with Gasteiger partial charge in [0.15, 0.2) is 5.54 Å². The van der Waals surface area contributed by atoms with Gasteiger partial charge < -0.3 is 15.2 Å². The minimum atomic E-state index is -0.788. The molecular formula is C21H14N4O2. The van der Waals surface area contributed by atoms with Gasteiger partial charge in [0.25, 0.3) is 6.02 Å². The number of nitriles is 1. The lowest BCUT2D eigenvalue weighted by molar-refractivity contribution is 0.262. The number of aliphatic imine (C=N–C) groups is 1. The number of amidine groups is 1. The lowest BCUT2D eigenvalue weighted by Gasteiger charge is -2.32. The zero-order chi connectivity index (χ0) is 18.4. The lowest BCUT2D eigenvalue weighted by atomic mass is 9.81. The zero-order valence-electron chi connectivity index (χ0n) is 14.2. The number of pyridine rings is 1. The molecule has 6 heteroatoms. The number of ether oxygens (including phenoxy) is 2. The predicted molar refractivity (Wildman–Crippen MR) is 99.3 cm³/mol. The van der Waals surface area contributed by atoms with E-state index in [9.17, 15) is 5.26 Å². The summed E-state index contributed by atoms with van der Waals surface area (Å²) in [7, 11) is 0. The van der Waals surface area contributed by atoms with E-state index in [1.807, 2.05) is 48.5 Å². The number of rotatable bonds is 1. The Labute approximate surface area is 155 Å². The third kappa shape index (κ3) is 2.26. The fourth-order valence-electron chi connectivity index (χ4n) is 3.63. The van der Waals surface area contributed by atoms with Gasteiger partial charge in [0, 0.05) is 11.8 Å². The molecule has 1 spiro atoms. The zero-order valence-corrected chi connectivity index (χ0v) is 14.2. The fraction of sp³-hybridized carbons (Fsp3) is 0.0952. The first-order valence-electron chi connectivity index (χ1n) is 8.46. The van der Waals surface area contributed by atoms with Gasteiger partial charge in [0.2, 0.25) is 5.88 Å². The van der Waals surface area contributed by atoms with Gasteiger partial charge in [-0.3, -0.25) is 0 Å². The molecule has 130 valence electrons. The van der Waals surface area contributed by atoms with Crippen LogP contribution >= 0.6 is 0 Å². The first kappa shape index (κ1) is 15.4. The van der Waals surface area contributed by atoms with Crippen LogP contribution in [0.1, 0.15) is 16.7 Å². The van der Waals surface area contributed by atoms with Crippen LogP contribution in [0, 0.1) is 11.3 Å². The smallest absolute Gasteiger partial charge is 0.283 e. The second kappa shape index (κ2) is 5.58. The monoisotopic (exact) mass is 354 g/mol. The maximum Gasteiger partial charge on any atom is 0.283 e. The van der Waals surface area contributed by atoms with Gasteiger partial charge in [0.05, 0.1) is 17.2 Å². The average Bonchev–Trinajstić information content (AvgIpc) is 3.10. The molecule has 5 rings (SSSR count). The molecule has 3 heterocycles. The van der Waals surface area contributed by atoms with Crippen LogP contribution in [0.25, 0.3) is 11.1 Å². The minimum absolute atomic E-state index is 0.148. The average molecular weight is 354 g/mol. The van der Waals surface area contributed by atoms with E-state index < -0.39 is 5.54 Å². The van der Waals surface area contributed by atoms with E-state index in [1.54, 1.807) is 12.3 Å². The Balaban J connectivity index is 1.73. The maximum atomic E-state index is 9.18. The number of hydrogen-bond donors (Lipinski definition) is 1. The molecule has 0 saturated heterocycles. The molecule has 0 aliphatic carbocycles. The molecule has 3 aromatic rings. The van der Waals surface area contributed by atoms with Crippen molar-refractivity contribution in [1.82, 2.24) is 4.98 Å². The molecule has 2 N–H and O–H groups in total. The summed E-state index contributed by atoms with van der Waals surface area (Å²) in [6, 6.07) is 19.5. The molecule has 0 bridgehead atoms. The molecule has 0 amide bonds. The quantitative estimate of drug-likeness (QED) is 0.723. The third-order valence-corrected chi connectivity index (χ3v) is 4.90. The maximum absolute atomic E-state index is 9.18. The summed E-state index contributed by atoms with van der Waals surface area (Å²) in [6.07, 6.45) is 1.68. The van der Waals surface area contributed by atoms with Crippen molar-refractivity contribution in [2.24, 2.45) is 10.7 Å². The van der Waals surface area contributed by atoms with Crippen LogP contribution < -0.4 is 10.5 Å². The van der Waals surface area contributed by atoms with Crippen LogP contribution in [-0.4, -0.2) is 17.6 Å². The second-order valence-corrected chi connectivity index (χ2v) is 6.46. The van der Waals surface area contributed by atoms with Gasteiger partial charge >= 0.3 is 0 Å². The van der Waals surface area contributed by atoms with Crippen molar-refractivity contribution in [3.8, 4) is 28.8 Å². The highest BCUT2D eigenvalue weighted by atomic mass is 16.5. The van der Waals surface area contributed by atoms with Crippen LogP contribution in [-0.2, 0) is 10.3 Å². The molecule has 0 saturated carbocycles. The van der Waals surface area contributed by atoms with E-state index in [2.05, 4.69) is 16.0 Å². The summed E-state index contributed by atoms with van der Waals surface area (Å²) >= 11 is 0. The number of aromatic nitrogens is 1. The Morgan fingerprint density at radius 3 is 2.74 bits per heavy atom. The van der Waals surface area contributed by atoms with Gasteiger partial charge in [-0.1, -0.05) is 18.2 Å². The summed E-state index contributed by atoms with van der Waals surface area (Å²) < 4.78 is 11.5. The van der Waals surface area contributed by atoms with E-state index in [0.717, 1.165) is 22.3 Å². The summed E-state index contributed by atoms with van der Waals surface area (Å²) in [5, 5.41) is 9.18. The highest BCUT2D eigenvalue weighted by Gasteiger charge is 2.47. The summed E-state index contributed by atoms with van der Waals surface area (Å²) in [5.74, 6) is 1.18. The van der Waals surface area contributed by atoms with E-state index in [0.29, 0.717) is 17.2 Å². The van der Waals surface area contributed by atoms with E-state index in [-0.39, 0.29) is 12.6 Å². The molecule has 0 radical (unpaired) electrons. The van der Waals surface area contributed by atoms with Gasteiger partial charge in [-0.15, -0.1) is 0 Å². The summed E-state index contributed by atoms with van der Waals surface area (Å²) in [5.41, 5.74) is 9.28. The first-order valence-corrected chi connectivity index (χ1v) is 8.46. The SMILES string of the molecule is N#Cc1cccc(-c2ccc3c(c2)[C@]2(COC(N)=N2)c2cccnc2O3)c1. The molecule has 2 aliphatic rings. The standard InChI is InChI=1S/C21H14N4O2/c22-11-13-3-1-4-14(9-13)15-6-7-18-17(10-15)21(12-26-20(23)25-21)16-5-2-8-24-19(16)27-18/h1-10H,12H2,(H2,23,25)/t21-/m0/s1. The molecule has 0 fully saturated rings. The van der Waals surface area contributed by atoms with Crippen LogP contribution in [0.3, 0.4) is 0 Å². The van der Waals surface area contributed by atoms with Crippen molar-refractivity contribution in [2.45, 2.75) is 5.54 Å². The molecule has 6 nitrogen and oxygen atoms in total. The van der Waals surface area contributed by atoms with Gasteiger partial charge in [-0.25, -0.2) is 9.98 Å². The van der Waals surface area contributed by atoms with E-state index in [1.165, 1.54) is 0 Å². The normalized spacial score (nSPS) is 19.3. The molecule has 2 aliphatic heterocycles. The van der Waals surface area contributed by atoms with Gasteiger partial charge in [-0.05, 0) is 47.5 Å². The molecule has 1 aromatic heterocycles. The molecule has 0 unspecified atom stereocenters. The number of nitrogens with zero attached hydrogens (tertiary/aromatic N) is 3. The Kier molecular flexibility index (Phi) is 3.18. The minimum Gasteiger partial charge on any atom is -0.462 e. The predicted octanol–water partition coefficient (Wildman–Crippen LogP) is 3.31. The van der Waals surface area contributed by atoms with E-state index in [4.69, 9.17) is 15.2 Å². The van der Waals surface area contributed by atoms with Gasteiger partial charge in [0.1, 0.15) is 12.4 Å². The highest BCUT2D eigenvalue weighted by Crippen LogP contribution is 2.50. The van der Waals surface area contributed by atoms with Crippen LogP contribution in [0.15, 0.2) is 65.8 Å². The number of benzene rings is 2. The largest absolute Gasteiger partial charge is 0.462 e. The molecule has 27 heavy (non-hydrogen) atoms. The Morgan fingerprint density at radius 1 is 1.04 bits per heavy atom. The highest BCUT2D eigenvalue weighted by molar-refractivity contribution is 5.77. The summed E-state index contributed by atoms with van der Waals surface area (Å²) in [6.45, 7) is 0.287. The number of nitrogens with two attached hydrogens (primary N) is 1. The van der Waals surface area contributed by atoms with Crippen LogP contribution in [0.5, 0.6) is 11.6 Å². The van der Waals surface area contributed by atoms with E-state index >= 15 is 0 Å². The van der Waals surface area contributed by atoms with Crippen molar-refractivity contribution in [1.29, 1.82) is 5.26 Å². The fourth-order valence-corrected chi connectivity index (χ4v) is 3.63. The molecular weight excluding hydrogens is 340 g/mol. The topological polar surface area (TPSA) is 93.5 Å². The van der Waals surface area contributed by atoms with Crippen molar-refractivity contribution >= 4 is 6.02 Å². The number of fused-ring (bicyclic) bond motifs is 4.